The van der Waals surface area contributed by atoms with Crippen LogP contribution < -0.4 is 5.73 Å². The van der Waals surface area contributed by atoms with Crippen molar-refractivity contribution < 1.29 is 0 Å². The summed E-state index contributed by atoms with van der Waals surface area (Å²) in [7, 11) is 0. The van der Waals surface area contributed by atoms with Crippen LogP contribution in [-0.4, -0.2) is 0 Å². The van der Waals surface area contributed by atoms with Crippen molar-refractivity contribution in [3.8, 4) is 10.4 Å². The van der Waals surface area contributed by atoms with Crippen LogP contribution in [0.1, 0.15) is 29.0 Å². The number of benzene rings is 1. The summed E-state index contributed by atoms with van der Waals surface area (Å²) in [6, 6.07) is 10.9. The fourth-order valence-electron chi connectivity index (χ4n) is 1.80. The molecule has 1 aromatic heterocycles. The van der Waals surface area contributed by atoms with E-state index in [1.54, 1.807) is 11.3 Å². The molecule has 1 aromatic carbocycles. The highest BCUT2D eigenvalue weighted by Crippen LogP contribution is 2.34. The van der Waals surface area contributed by atoms with Crippen LogP contribution in [0.2, 0.25) is 0 Å². The van der Waals surface area contributed by atoms with Crippen LogP contribution in [-0.2, 0) is 0 Å². The van der Waals surface area contributed by atoms with Crippen LogP contribution in [0.15, 0.2) is 30.3 Å². The Labute approximate surface area is 101 Å². The fraction of sp³-hybridized carbons (Fsp3) is 0.286. The van der Waals surface area contributed by atoms with Gasteiger partial charge in [0.1, 0.15) is 0 Å². The number of aryl methyl sites for hydroxylation is 2. The zero-order chi connectivity index (χ0) is 11.7. The topological polar surface area (TPSA) is 26.0 Å². The van der Waals surface area contributed by atoms with Gasteiger partial charge in [0.05, 0.1) is 0 Å². The Morgan fingerprint density at radius 3 is 2.50 bits per heavy atom. The third kappa shape index (κ3) is 2.18. The quantitative estimate of drug-likeness (QED) is 0.829. The van der Waals surface area contributed by atoms with Crippen molar-refractivity contribution >= 4 is 11.3 Å². The Kier molecular flexibility index (Phi) is 3.13. The predicted molar refractivity (Wildman–Crippen MR) is 71.8 cm³/mol. The molecule has 0 bridgehead atoms. The van der Waals surface area contributed by atoms with Gasteiger partial charge in [-0.05, 0) is 38.0 Å². The summed E-state index contributed by atoms with van der Waals surface area (Å²) in [5.74, 6) is 0. The van der Waals surface area contributed by atoms with Gasteiger partial charge in [-0.15, -0.1) is 11.3 Å². The molecule has 2 N–H and O–H groups in total. The Balaban J connectivity index is 2.48. The van der Waals surface area contributed by atoms with Crippen LogP contribution in [0.25, 0.3) is 10.4 Å². The lowest BCUT2D eigenvalue weighted by Crippen LogP contribution is -2.01. The van der Waals surface area contributed by atoms with Crippen molar-refractivity contribution in [1.29, 1.82) is 0 Å². The first kappa shape index (κ1) is 11.4. The Morgan fingerprint density at radius 1 is 1.19 bits per heavy atom. The van der Waals surface area contributed by atoms with Gasteiger partial charge < -0.3 is 5.73 Å². The van der Waals surface area contributed by atoms with Gasteiger partial charge in [-0.2, -0.15) is 0 Å². The van der Waals surface area contributed by atoms with Gasteiger partial charge >= 0.3 is 0 Å². The smallest absolute Gasteiger partial charge is 0.0375 e. The number of hydrogen-bond acceptors (Lipinski definition) is 2. The average molecular weight is 231 g/mol. The van der Waals surface area contributed by atoms with Gasteiger partial charge in [0.2, 0.25) is 0 Å². The summed E-state index contributed by atoms with van der Waals surface area (Å²) in [5.41, 5.74) is 9.84. The number of hydrogen-bond donors (Lipinski definition) is 1. The molecule has 1 atom stereocenters. The molecule has 84 valence electrons. The second-order valence-electron chi connectivity index (χ2n) is 4.32. The minimum atomic E-state index is 0.127. The Morgan fingerprint density at radius 2 is 1.94 bits per heavy atom. The highest BCUT2D eigenvalue weighted by Gasteiger charge is 2.10. The number of rotatable bonds is 2. The molecule has 0 aliphatic carbocycles. The molecule has 2 heteroatoms. The molecule has 2 aromatic rings. The fourth-order valence-corrected chi connectivity index (χ4v) is 2.93. The van der Waals surface area contributed by atoms with Crippen molar-refractivity contribution in [1.82, 2.24) is 0 Å². The third-order valence-electron chi connectivity index (χ3n) is 2.67. The minimum absolute atomic E-state index is 0.127. The summed E-state index contributed by atoms with van der Waals surface area (Å²) >= 11 is 1.80. The maximum atomic E-state index is 5.91. The lowest BCUT2D eigenvalue weighted by molar-refractivity contribution is 0.838. The van der Waals surface area contributed by atoms with E-state index < -0.39 is 0 Å². The molecule has 0 saturated heterocycles. The van der Waals surface area contributed by atoms with Gasteiger partial charge in [-0.1, -0.05) is 29.8 Å². The van der Waals surface area contributed by atoms with Crippen molar-refractivity contribution in [2.75, 3.05) is 0 Å². The number of nitrogens with two attached hydrogens (primary N) is 1. The van der Waals surface area contributed by atoms with Crippen LogP contribution in [0.3, 0.4) is 0 Å². The summed E-state index contributed by atoms with van der Waals surface area (Å²) < 4.78 is 0. The molecule has 2 rings (SSSR count). The third-order valence-corrected chi connectivity index (χ3v) is 4.15. The standard InChI is InChI=1S/C14H17NS/c1-9-5-4-6-12(7-9)14-10(2)8-13(16-14)11(3)15/h4-8,11H,15H2,1-3H3. The molecule has 0 spiro atoms. The monoisotopic (exact) mass is 231 g/mol. The molecule has 1 heterocycles. The molecule has 0 fully saturated rings. The maximum absolute atomic E-state index is 5.91. The second kappa shape index (κ2) is 4.40. The summed E-state index contributed by atoms with van der Waals surface area (Å²) in [4.78, 5) is 2.60. The van der Waals surface area contributed by atoms with E-state index >= 15 is 0 Å². The van der Waals surface area contributed by atoms with Crippen molar-refractivity contribution in [3.63, 3.8) is 0 Å². The second-order valence-corrected chi connectivity index (χ2v) is 5.40. The summed E-state index contributed by atoms with van der Waals surface area (Å²) in [5, 5.41) is 0. The zero-order valence-electron chi connectivity index (χ0n) is 9.95. The lowest BCUT2D eigenvalue weighted by Gasteiger charge is -2.01. The molecule has 1 nitrogen and oxygen atoms in total. The first-order chi connectivity index (χ1) is 7.58. The van der Waals surface area contributed by atoms with E-state index in [4.69, 9.17) is 5.73 Å². The Hall–Kier alpha value is -1.12. The molecule has 0 aliphatic rings. The first-order valence-corrected chi connectivity index (χ1v) is 6.32. The van der Waals surface area contributed by atoms with Crippen LogP contribution in [0, 0.1) is 13.8 Å². The van der Waals surface area contributed by atoms with E-state index in [-0.39, 0.29) is 6.04 Å². The van der Waals surface area contributed by atoms with E-state index in [2.05, 4.69) is 44.2 Å². The number of thiophene rings is 1. The van der Waals surface area contributed by atoms with E-state index in [1.165, 1.54) is 26.4 Å². The lowest BCUT2D eigenvalue weighted by atomic mass is 10.1. The van der Waals surface area contributed by atoms with E-state index in [0.717, 1.165) is 0 Å². The minimum Gasteiger partial charge on any atom is -0.324 e. The molecule has 1 unspecified atom stereocenters. The predicted octanol–water partition coefficient (Wildman–Crippen LogP) is 4.05. The van der Waals surface area contributed by atoms with Crippen molar-refractivity contribution in [2.24, 2.45) is 5.73 Å². The van der Waals surface area contributed by atoms with E-state index in [9.17, 15) is 0 Å². The van der Waals surface area contributed by atoms with Gasteiger partial charge in [0, 0.05) is 15.8 Å². The zero-order valence-corrected chi connectivity index (χ0v) is 10.8. The van der Waals surface area contributed by atoms with Gasteiger partial charge in [0.25, 0.3) is 0 Å². The molecule has 16 heavy (non-hydrogen) atoms. The molecule has 0 aliphatic heterocycles. The van der Waals surface area contributed by atoms with Crippen molar-refractivity contribution in [3.05, 3.63) is 46.3 Å². The normalized spacial score (nSPS) is 12.8. The first-order valence-electron chi connectivity index (χ1n) is 5.51. The van der Waals surface area contributed by atoms with Crippen LogP contribution in [0.5, 0.6) is 0 Å². The SMILES string of the molecule is Cc1cccc(-c2sc(C(C)N)cc2C)c1. The molecular formula is C14H17NS. The highest BCUT2D eigenvalue weighted by atomic mass is 32.1. The van der Waals surface area contributed by atoms with E-state index in [0.29, 0.717) is 0 Å². The van der Waals surface area contributed by atoms with Crippen LogP contribution >= 0.6 is 11.3 Å². The van der Waals surface area contributed by atoms with Gasteiger partial charge in [-0.25, -0.2) is 0 Å². The van der Waals surface area contributed by atoms with Gasteiger partial charge in [-0.3, -0.25) is 0 Å². The largest absolute Gasteiger partial charge is 0.324 e. The Bertz CT molecular complexity index is 497. The average Bonchev–Trinajstić information content (AvgIpc) is 2.60. The molecule has 0 radical (unpaired) electrons. The maximum Gasteiger partial charge on any atom is 0.0375 e. The molecule has 0 amide bonds. The van der Waals surface area contributed by atoms with E-state index in [1.807, 2.05) is 6.92 Å². The molecular weight excluding hydrogens is 214 g/mol. The molecule has 0 saturated carbocycles. The van der Waals surface area contributed by atoms with Gasteiger partial charge in [0.15, 0.2) is 0 Å². The highest BCUT2D eigenvalue weighted by molar-refractivity contribution is 7.15. The van der Waals surface area contributed by atoms with Crippen LogP contribution in [0.4, 0.5) is 0 Å². The summed E-state index contributed by atoms with van der Waals surface area (Å²) in [6.07, 6.45) is 0. The summed E-state index contributed by atoms with van der Waals surface area (Å²) in [6.45, 7) is 6.31. The van der Waals surface area contributed by atoms with Crippen molar-refractivity contribution in [2.45, 2.75) is 26.8 Å².